The Morgan fingerprint density at radius 3 is 1.80 bits per heavy atom. The average molecular weight is 305 g/mol. The highest BCUT2D eigenvalue weighted by molar-refractivity contribution is 6.63. The fraction of sp³-hybridized carbons (Fsp3) is 0.875. The second kappa shape index (κ2) is 14.8. The van der Waals surface area contributed by atoms with Crippen LogP contribution in [0.5, 0.6) is 0 Å². The summed E-state index contributed by atoms with van der Waals surface area (Å²) < 4.78 is 4.89. The monoisotopic (exact) mass is 304 g/mol. The van der Waals surface area contributed by atoms with Gasteiger partial charge < -0.3 is 4.74 Å². The van der Waals surface area contributed by atoms with E-state index in [-0.39, 0.29) is 19.0 Å². The number of esters is 1. The minimum atomic E-state index is -0.461. The molecule has 0 saturated heterocycles. The number of ether oxygens (including phenoxy) is 1. The molecule has 0 aliphatic heterocycles. The Bertz CT molecular complexity index is 254. The first-order valence-corrected chi connectivity index (χ1v) is 8.38. The molecule has 0 rings (SSSR count). The van der Waals surface area contributed by atoms with Crippen LogP contribution in [0.15, 0.2) is 0 Å². The first-order valence-electron chi connectivity index (χ1n) is 8.00. The minimum absolute atomic E-state index is 0.103. The highest BCUT2D eigenvalue weighted by atomic mass is 35.5. The van der Waals surface area contributed by atoms with E-state index in [0.717, 1.165) is 12.8 Å². The maximum Gasteiger partial charge on any atom is 0.305 e. The summed E-state index contributed by atoms with van der Waals surface area (Å²) in [5.41, 5.74) is 0. The second-order valence-corrected chi connectivity index (χ2v) is 5.68. The second-order valence-electron chi connectivity index (χ2n) is 5.26. The molecule has 0 N–H and O–H groups in total. The third-order valence-corrected chi connectivity index (χ3v) is 3.49. The molecule has 0 aromatic rings. The Balaban J connectivity index is 3.15. The minimum Gasteiger partial charge on any atom is -0.465 e. The number of hydrogen-bond acceptors (Lipinski definition) is 3. The van der Waals surface area contributed by atoms with Crippen LogP contribution in [0.3, 0.4) is 0 Å². The molecule has 0 spiro atoms. The van der Waals surface area contributed by atoms with Gasteiger partial charge in [-0.1, -0.05) is 64.7 Å². The van der Waals surface area contributed by atoms with Gasteiger partial charge in [0.15, 0.2) is 0 Å². The molecule has 0 aromatic heterocycles. The van der Waals surface area contributed by atoms with Crippen molar-refractivity contribution in [3.05, 3.63) is 0 Å². The van der Waals surface area contributed by atoms with E-state index in [1.54, 1.807) is 0 Å². The number of unbranched alkanes of at least 4 members (excludes halogenated alkanes) is 9. The lowest BCUT2D eigenvalue weighted by Gasteiger charge is -2.03. The van der Waals surface area contributed by atoms with Crippen LogP contribution in [0.25, 0.3) is 0 Å². The maximum atomic E-state index is 11.3. The van der Waals surface area contributed by atoms with Crippen LogP contribution >= 0.6 is 11.6 Å². The summed E-state index contributed by atoms with van der Waals surface area (Å²) >= 11 is 5.15. The Morgan fingerprint density at radius 2 is 1.30 bits per heavy atom. The van der Waals surface area contributed by atoms with Crippen molar-refractivity contribution in [3.63, 3.8) is 0 Å². The normalized spacial score (nSPS) is 10.5. The lowest BCUT2D eigenvalue weighted by Crippen LogP contribution is -2.07. The van der Waals surface area contributed by atoms with Crippen molar-refractivity contribution in [1.29, 1.82) is 0 Å². The van der Waals surface area contributed by atoms with Crippen LogP contribution in [-0.4, -0.2) is 17.8 Å². The van der Waals surface area contributed by atoms with Gasteiger partial charge in [0.25, 0.3) is 0 Å². The first kappa shape index (κ1) is 19.4. The molecule has 118 valence electrons. The summed E-state index contributed by atoms with van der Waals surface area (Å²) in [6.07, 6.45) is 13.0. The molecule has 0 unspecified atom stereocenters. The quantitative estimate of drug-likeness (QED) is 0.258. The van der Waals surface area contributed by atoms with Gasteiger partial charge in [0.1, 0.15) is 0 Å². The lowest BCUT2D eigenvalue weighted by molar-refractivity contribution is -0.144. The van der Waals surface area contributed by atoms with E-state index in [0.29, 0.717) is 6.42 Å². The molecule has 3 nitrogen and oxygen atoms in total. The SMILES string of the molecule is CCCCCCCCCCCCC(=O)OCCC(=O)Cl. The number of carbonyl (C=O) groups is 2. The molecular formula is C16H29ClO3. The van der Waals surface area contributed by atoms with E-state index >= 15 is 0 Å². The largest absolute Gasteiger partial charge is 0.465 e. The number of carbonyl (C=O) groups excluding carboxylic acids is 2. The van der Waals surface area contributed by atoms with Gasteiger partial charge in [-0.25, -0.2) is 0 Å². The molecule has 0 atom stereocenters. The Kier molecular flexibility index (Phi) is 14.4. The van der Waals surface area contributed by atoms with E-state index in [9.17, 15) is 9.59 Å². The number of hydrogen-bond donors (Lipinski definition) is 0. The van der Waals surface area contributed by atoms with Crippen LogP contribution < -0.4 is 0 Å². The topological polar surface area (TPSA) is 43.4 Å². The van der Waals surface area contributed by atoms with Gasteiger partial charge in [-0.15, -0.1) is 0 Å². The molecule has 0 amide bonds. The zero-order chi connectivity index (χ0) is 15.1. The van der Waals surface area contributed by atoms with Crippen molar-refractivity contribution in [1.82, 2.24) is 0 Å². The number of halogens is 1. The van der Waals surface area contributed by atoms with Crippen molar-refractivity contribution < 1.29 is 14.3 Å². The molecule has 0 saturated carbocycles. The van der Waals surface area contributed by atoms with Gasteiger partial charge in [0.2, 0.25) is 5.24 Å². The van der Waals surface area contributed by atoms with Crippen LogP contribution in [0, 0.1) is 0 Å². The van der Waals surface area contributed by atoms with Gasteiger partial charge in [-0.3, -0.25) is 9.59 Å². The summed E-state index contributed by atoms with van der Waals surface area (Å²) in [5.74, 6) is -0.220. The molecule has 20 heavy (non-hydrogen) atoms. The van der Waals surface area contributed by atoms with Gasteiger partial charge in [0.05, 0.1) is 13.0 Å². The van der Waals surface area contributed by atoms with Gasteiger partial charge in [0, 0.05) is 6.42 Å². The van der Waals surface area contributed by atoms with Crippen LogP contribution in [-0.2, 0) is 14.3 Å². The molecular weight excluding hydrogens is 276 g/mol. The molecule has 0 aliphatic rings. The predicted octanol–water partition coefficient (Wildman–Crippen LogP) is 5.00. The fourth-order valence-electron chi connectivity index (χ4n) is 2.07. The maximum absolute atomic E-state index is 11.3. The highest BCUT2D eigenvalue weighted by Crippen LogP contribution is 2.11. The smallest absolute Gasteiger partial charge is 0.305 e. The van der Waals surface area contributed by atoms with Crippen molar-refractivity contribution in [2.24, 2.45) is 0 Å². The summed E-state index contributed by atoms with van der Waals surface area (Å²) in [4.78, 5) is 21.7. The van der Waals surface area contributed by atoms with E-state index in [2.05, 4.69) is 6.92 Å². The van der Waals surface area contributed by atoms with Gasteiger partial charge in [-0.05, 0) is 18.0 Å². The molecule has 0 radical (unpaired) electrons. The van der Waals surface area contributed by atoms with E-state index < -0.39 is 5.24 Å². The Morgan fingerprint density at radius 1 is 0.800 bits per heavy atom. The van der Waals surface area contributed by atoms with Crippen molar-refractivity contribution in [2.45, 2.75) is 84.0 Å². The molecule has 0 fully saturated rings. The fourth-order valence-corrected chi connectivity index (χ4v) is 2.15. The van der Waals surface area contributed by atoms with E-state index in [1.165, 1.54) is 51.4 Å². The summed E-state index contributed by atoms with van der Waals surface area (Å²) in [6.45, 7) is 2.34. The van der Waals surface area contributed by atoms with Crippen LogP contribution in [0.4, 0.5) is 0 Å². The number of rotatable bonds is 14. The van der Waals surface area contributed by atoms with Crippen molar-refractivity contribution in [2.75, 3.05) is 6.61 Å². The van der Waals surface area contributed by atoms with Crippen LogP contribution in [0.1, 0.15) is 84.0 Å². The zero-order valence-electron chi connectivity index (χ0n) is 12.8. The third-order valence-electron chi connectivity index (χ3n) is 3.30. The Labute approximate surface area is 128 Å². The zero-order valence-corrected chi connectivity index (χ0v) is 13.6. The first-order chi connectivity index (χ1) is 9.66. The van der Waals surface area contributed by atoms with Crippen LogP contribution in [0.2, 0.25) is 0 Å². The summed E-state index contributed by atoms with van der Waals surface area (Å²) in [6, 6.07) is 0. The van der Waals surface area contributed by atoms with E-state index in [1.807, 2.05) is 0 Å². The van der Waals surface area contributed by atoms with E-state index in [4.69, 9.17) is 16.3 Å². The molecule has 0 aliphatic carbocycles. The summed E-state index contributed by atoms with van der Waals surface area (Å²) in [7, 11) is 0. The highest BCUT2D eigenvalue weighted by Gasteiger charge is 2.04. The molecule has 0 aromatic carbocycles. The average Bonchev–Trinajstić information content (AvgIpc) is 2.40. The summed E-state index contributed by atoms with van der Waals surface area (Å²) in [5, 5.41) is -0.461. The van der Waals surface area contributed by atoms with Crippen molar-refractivity contribution in [3.8, 4) is 0 Å². The van der Waals surface area contributed by atoms with Gasteiger partial charge in [-0.2, -0.15) is 0 Å². The standard InChI is InChI=1S/C16H29ClO3/c1-2-3-4-5-6-7-8-9-10-11-12-16(19)20-14-13-15(17)18/h2-14H2,1H3. The third kappa shape index (κ3) is 15.5. The molecule has 0 bridgehead atoms. The Hall–Kier alpha value is -0.570. The lowest BCUT2D eigenvalue weighted by atomic mass is 10.1. The predicted molar refractivity (Wildman–Crippen MR) is 82.9 cm³/mol. The van der Waals surface area contributed by atoms with Gasteiger partial charge >= 0.3 is 5.97 Å². The molecule has 4 heteroatoms. The molecule has 0 heterocycles. The van der Waals surface area contributed by atoms with Crippen molar-refractivity contribution >= 4 is 22.8 Å².